The first kappa shape index (κ1) is 8.97. The zero-order valence-corrected chi connectivity index (χ0v) is 7.47. The van der Waals surface area contributed by atoms with Crippen LogP contribution >= 0.6 is 0 Å². The van der Waals surface area contributed by atoms with E-state index >= 15 is 0 Å². The van der Waals surface area contributed by atoms with Crippen LogP contribution in [0.15, 0.2) is 18.5 Å². The molecule has 0 amide bonds. The van der Waals surface area contributed by atoms with Crippen molar-refractivity contribution >= 4 is 0 Å². The molecule has 1 heterocycles. The summed E-state index contributed by atoms with van der Waals surface area (Å²) in [4.78, 5) is 3.84. The number of alkyl halides is 1. The Morgan fingerprint density at radius 1 is 1.50 bits per heavy atom. The summed E-state index contributed by atoms with van der Waals surface area (Å²) in [5, 5.41) is 0. The Kier molecular flexibility index (Phi) is 2.31. The molecule has 0 aliphatic rings. The highest BCUT2D eigenvalue weighted by Gasteiger charge is 2.22. The zero-order chi connectivity index (χ0) is 9.19. The number of hydrogen-bond donors (Lipinski definition) is 0. The molecule has 1 aromatic rings. The van der Waals surface area contributed by atoms with Gasteiger partial charge in [-0.3, -0.25) is 4.98 Å². The Balaban J connectivity index is 3.14. The monoisotopic (exact) mass is 169 g/mol. The molecule has 12 heavy (non-hydrogen) atoms. The van der Waals surface area contributed by atoms with Gasteiger partial charge in [0.15, 0.2) is 0 Å². The minimum Gasteiger partial charge on any atom is -0.495 e. The number of hydrogen-bond acceptors (Lipinski definition) is 2. The predicted molar refractivity (Wildman–Crippen MR) is 44.9 cm³/mol. The Morgan fingerprint density at radius 3 is 2.58 bits per heavy atom. The van der Waals surface area contributed by atoms with Crippen LogP contribution < -0.4 is 4.74 Å². The van der Waals surface area contributed by atoms with E-state index in [9.17, 15) is 4.39 Å². The minimum atomic E-state index is -1.38. The van der Waals surface area contributed by atoms with Crippen molar-refractivity contribution in [2.24, 2.45) is 0 Å². The number of halogens is 1. The van der Waals surface area contributed by atoms with Crippen molar-refractivity contribution in [3.05, 3.63) is 24.0 Å². The van der Waals surface area contributed by atoms with Crippen molar-refractivity contribution in [1.29, 1.82) is 0 Å². The first-order valence-electron chi connectivity index (χ1n) is 3.73. The lowest BCUT2D eigenvalue weighted by Gasteiger charge is -2.17. The van der Waals surface area contributed by atoms with Gasteiger partial charge in [0.05, 0.1) is 13.3 Å². The molecule has 0 radical (unpaired) electrons. The van der Waals surface area contributed by atoms with Crippen molar-refractivity contribution in [3.63, 3.8) is 0 Å². The van der Waals surface area contributed by atoms with Gasteiger partial charge < -0.3 is 4.74 Å². The molecule has 0 atom stereocenters. The molecule has 0 spiro atoms. The summed E-state index contributed by atoms with van der Waals surface area (Å²) in [7, 11) is 1.51. The van der Waals surface area contributed by atoms with Gasteiger partial charge in [0, 0.05) is 11.8 Å². The quantitative estimate of drug-likeness (QED) is 0.677. The maximum atomic E-state index is 13.5. The van der Waals surface area contributed by atoms with Gasteiger partial charge in [-0.25, -0.2) is 4.39 Å². The molecule has 0 aliphatic carbocycles. The molecule has 0 aliphatic heterocycles. The second-order valence-corrected chi connectivity index (χ2v) is 3.05. The summed E-state index contributed by atoms with van der Waals surface area (Å²) in [6.07, 6.45) is 3.07. The maximum absolute atomic E-state index is 13.5. The van der Waals surface area contributed by atoms with E-state index in [1.807, 2.05) is 0 Å². The lowest BCUT2D eigenvalue weighted by atomic mass is 10.0. The van der Waals surface area contributed by atoms with Crippen molar-refractivity contribution in [3.8, 4) is 5.75 Å². The largest absolute Gasteiger partial charge is 0.495 e. The fraction of sp³-hybridized carbons (Fsp3) is 0.444. The third-order valence-corrected chi connectivity index (χ3v) is 1.64. The molecule has 0 unspecified atom stereocenters. The Hall–Kier alpha value is -1.12. The van der Waals surface area contributed by atoms with Crippen LogP contribution in [0.1, 0.15) is 19.4 Å². The lowest BCUT2D eigenvalue weighted by Crippen LogP contribution is -2.10. The fourth-order valence-corrected chi connectivity index (χ4v) is 1.03. The van der Waals surface area contributed by atoms with Gasteiger partial charge in [-0.2, -0.15) is 0 Å². The van der Waals surface area contributed by atoms with Gasteiger partial charge in [-0.1, -0.05) is 0 Å². The molecule has 3 heteroatoms. The topological polar surface area (TPSA) is 22.1 Å². The maximum Gasteiger partial charge on any atom is 0.143 e. The standard InChI is InChI=1S/C9H12FNO/c1-9(2,10)7-4-5-11-6-8(7)12-3/h4-6H,1-3H3. The second kappa shape index (κ2) is 3.09. The molecular formula is C9H12FNO. The summed E-state index contributed by atoms with van der Waals surface area (Å²) in [6.45, 7) is 2.98. The summed E-state index contributed by atoms with van der Waals surface area (Å²) < 4.78 is 18.4. The van der Waals surface area contributed by atoms with Gasteiger partial charge in [-0.05, 0) is 19.9 Å². The lowest BCUT2D eigenvalue weighted by molar-refractivity contribution is 0.213. The second-order valence-electron chi connectivity index (χ2n) is 3.05. The number of rotatable bonds is 2. The van der Waals surface area contributed by atoms with Crippen molar-refractivity contribution < 1.29 is 9.13 Å². The molecule has 0 aromatic carbocycles. The molecule has 1 aromatic heterocycles. The summed E-state index contributed by atoms with van der Waals surface area (Å²) in [5.74, 6) is 0.491. The highest BCUT2D eigenvalue weighted by Crippen LogP contribution is 2.31. The molecular weight excluding hydrogens is 157 g/mol. The van der Waals surface area contributed by atoms with E-state index in [1.165, 1.54) is 27.2 Å². The summed E-state index contributed by atoms with van der Waals surface area (Å²) in [5.41, 5.74) is -0.853. The van der Waals surface area contributed by atoms with E-state index in [4.69, 9.17) is 4.74 Å². The Morgan fingerprint density at radius 2 is 2.17 bits per heavy atom. The smallest absolute Gasteiger partial charge is 0.143 e. The third-order valence-electron chi connectivity index (χ3n) is 1.64. The predicted octanol–water partition coefficient (Wildman–Crippen LogP) is 2.29. The van der Waals surface area contributed by atoms with Crippen LogP contribution in [0.2, 0.25) is 0 Å². The number of pyridine rings is 1. The third kappa shape index (κ3) is 1.72. The van der Waals surface area contributed by atoms with Crippen LogP contribution in [-0.4, -0.2) is 12.1 Å². The van der Waals surface area contributed by atoms with Crippen LogP contribution in [0.3, 0.4) is 0 Å². The number of nitrogens with zero attached hydrogens (tertiary/aromatic N) is 1. The van der Waals surface area contributed by atoms with Gasteiger partial charge in [0.2, 0.25) is 0 Å². The zero-order valence-electron chi connectivity index (χ0n) is 7.47. The van der Waals surface area contributed by atoms with E-state index in [0.717, 1.165) is 0 Å². The first-order valence-corrected chi connectivity index (χ1v) is 3.73. The fourth-order valence-electron chi connectivity index (χ4n) is 1.03. The molecule has 0 N–H and O–H groups in total. The van der Waals surface area contributed by atoms with Gasteiger partial charge >= 0.3 is 0 Å². The number of aromatic nitrogens is 1. The molecule has 2 nitrogen and oxygen atoms in total. The SMILES string of the molecule is COc1cnccc1C(C)(C)F. The summed E-state index contributed by atoms with van der Waals surface area (Å²) >= 11 is 0. The van der Waals surface area contributed by atoms with E-state index in [2.05, 4.69) is 4.98 Å². The van der Waals surface area contributed by atoms with E-state index in [-0.39, 0.29) is 0 Å². The van der Waals surface area contributed by atoms with Crippen LogP contribution in [0.25, 0.3) is 0 Å². The Bertz CT molecular complexity index is 267. The minimum absolute atomic E-state index is 0.491. The highest BCUT2D eigenvalue weighted by atomic mass is 19.1. The number of methoxy groups -OCH3 is 1. The van der Waals surface area contributed by atoms with Crippen LogP contribution in [0.4, 0.5) is 4.39 Å². The normalized spacial score (nSPS) is 11.3. The molecule has 1 rings (SSSR count). The van der Waals surface area contributed by atoms with E-state index < -0.39 is 5.67 Å². The molecule has 0 bridgehead atoms. The Labute approximate surface area is 71.4 Å². The van der Waals surface area contributed by atoms with Crippen molar-refractivity contribution in [2.45, 2.75) is 19.5 Å². The first-order chi connectivity index (χ1) is 5.55. The van der Waals surface area contributed by atoms with Crippen LogP contribution in [0.5, 0.6) is 5.75 Å². The van der Waals surface area contributed by atoms with Crippen LogP contribution in [-0.2, 0) is 5.67 Å². The van der Waals surface area contributed by atoms with Crippen molar-refractivity contribution in [1.82, 2.24) is 4.98 Å². The van der Waals surface area contributed by atoms with Crippen molar-refractivity contribution in [2.75, 3.05) is 7.11 Å². The number of ether oxygens (including phenoxy) is 1. The molecule has 0 saturated carbocycles. The van der Waals surface area contributed by atoms with Gasteiger partial charge in [0.25, 0.3) is 0 Å². The molecule has 66 valence electrons. The molecule has 0 fully saturated rings. The molecule has 0 saturated heterocycles. The van der Waals surface area contributed by atoms with E-state index in [1.54, 1.807) is 12.3 Å². The van der Waals surface area contributed by atoms with E-state index in [0.29, 0.717) is 11.3 Å². The average Bonchev–Trinajstić information content (AvgIpc) is 2.03. The highest BCUT2D eigenvalue weighted by molar-refractivity contribution is 5.34. The summed E-state index contributed by atoms with van der Waals surface area (Å²) in [6, 6.07) is 1.62. The van der Waals surface area contributed by atoms with Gasteiger partial charge in [0.1, 0.15) is 11.4 Å². The van der Waals surface area contributed by atoms with Crippen LogP contribution in [0, 0.1) is 0 Å². The average molecular weight is 169 g/mol. The van der Waals surface area contributed by atoms with Gasteiger partial charge in [-0.15, -0.1) is 0 Å².